The molecule has 4 N–H and O–H groups in total. The van der Waals surface area contributed by atoms with E-state index in [9.17, 15) is 9.59 Å². The Bertz CT molecular complexity index is 733. The molecule has 1 aromatic carbocycles. The van der Waals surface area contributed by atoms with Gasteiger partial charge in [0.05, 0.1) is 10.9 Å². The fraction of sp³-hybridized carbons (Fsp3) is 0.471. The highest BCUT2D eigenvalue weighted by atomic mass is 16.2. The van der Waals surface area contributed by atoms with E-state index in [2.05, 4.69) is 26.1 Å². The first kappa shape index (κ1) is 16.4. The summed E-state index contributed by atoms with van der Waals surface area (Å²) in [6.45, 7) is 4.42. The molecule has 0 radical (unpaired) electrons. The summed E-state index contributed by atoms with van der Waals surface area (Å²) in [5, 5.41) is 16.7. The number of benzene rings is 1. The van der Waals surface area contributed by atoms with Crippen LogP contribution in [0.3, 0.4) is 0 Å². The summed E-state index contributed by atoms with van der Waals surface area (Å²) in [4.78, 5) is 24.5. The van der Waals surface area contributed by atoms with Gasteiger partial charge in [-0.1, -0.05) is 18.2 Å². The van der Waals surface area contributed by atoms with Gasteiger partial charge in [-0.25, -0.2) is 0 Å². The van der Waals surface area contributed by atoms with Crippen LogP contribution in [0.4, 0.5) is 0 Å². The zero-order chi connectivity index (χ0) is 17.0. The molecule has 128 valence electrons. The van der Waals surface area contributed by atoms with Gasteiger partial charge in [0.2, 0.25) is 5.91 Å². The van der Waals surface area contributed by atoms with Gasteiger partial charge in [0.1, 0.15) is 0 Å². The van der Waals surface area contributed by atoms with Gasteiger partial charge in [-0.05, 0) is 32.4 Å². The van der Waals surface area contributed by atoms with Crippen molar-refractivity contribution in [3.05, 3.63) is 30.0 Å². The van der Waals surface area contributed by atoms with Crippen molar-refractivity contribution in [3.63, 3.8) is 0 Å². The van der Waals surface area contributed by atoms with Crippen molar-refractivity contribution in [1.82, 2.24) is 26.1 Å². The quantitative estimate of drug-likeness (QED) is 0.610. The van der Waals surface area contributed by atoms with Crippen molar-refractivity contribution in [2.45, 2.75) is 19.8 Å². The van der Waals surface area contributed by atoms with Crippen LogP contribution in [0.5, 0.6) is 0 Å². The van der Waals surface area contributed by atoms with E-state index in [1.165, 1.54) is 0 Å². The molecule has 2 amide bonds. The van der Waals surface area contributed by atoms with Crippen LogP contribution < -0.4 is 16.0 Å². The van der Waals surface area contributed by atoms with Crippen molar-refractivity contribution in [2.24, 2.45) is 5.41 Å². The third-order valence-corrected chi connectivity index (χ3v) is 4.53. The Morgan fingerprint density at radius 1 is 1.25 bits per heavy atom. The number of hydrogen-bond acceptors (Lipinski definition) is 4. The lowest BCUT2D eigenvalue weighted by Gasteiger charge is -2.32. The number of para-hydroxylation sites is 1. The van der Waals surface area contributed by atoms with Crippen LogP contribution in [0.2, 0.25) is 0 Å². The molecule has 2 heterocycles. The van der Waals surface area contributed by atoms with Crippen LogP contribution in [0.25, 0.3) is 10.9 Å². The molecule has 0 saturated carbocycles. The normalized spacial score (nSPS) is 20.7. The third kappa shape index (κ3) is 3.41. The van der Waals surface area contributed by atoms with Gasteiger partial charge in [-0.2, -0.15) is 5.10 Å². The van der Waals surface area contributed by atoms with E-state index in [1.807, 2.05) is 31.2 Å². The van der Waals surface area contributed by atoms with Crippen LogP contribution in [-0.2, 0) is 4.79 Å². The molecule has 1 saturated heterocycles. The molecule has 24 heavy (non-hydrogen) atoms. The van der Waals surface area contributed by atoms with Gasteiger partial charge in [-0.3, -0.25) is 14.7 Å². The Balaban J connectivity index is 1.48. The molecule has 0 spiro atoms. The molecule has 1 unspecified atom stereocenters. The van der Waals surface area contributed by atoms with Crippen molar-refractivity contribution >= 4 is 22.7 Å². The SMILES string of the molecule is CC1(C(=O)NCCNC(=O)c2n[nH]c3ccccc23)CCCNC1. The molecule has 7 heteroatoms. The first-order chi connectivity index (χ1) is 11.6. The lowest BCUT2D eigenvalue weighted by Crippen LogP contribution is -2.49. The number of aromatic nitrogens is 2. The number of piperidine rings is 1. The molecule has 1 aromatic heterocycles. The largest absolute Gasteiger partial charge is 0.354 e. The van der Waals surface area contributed by atoms with Crippen molar-refractivity contribution in [3.8, 4) is 0 Å². The molecule has 7 nitrogen and oxygen atoms in total. The van der Waals surface area contributed by atoms with Gasteiger partial charge in [0.15, 0.2) is 5.69 Å². The Morgan fingerprint density at radius 3 is 2.83 bits per heavy atom. The van der Waals surface area contributed by atoms with Gasteiger partial charge < -0.3 is 16.0 Å². The number of carbonyl (C=O) groups is 2. The van der Waals surface area contributed by atoms with E-state index in [0.29, 0.717) is 25.3 Å². The Kier molecular flexibility index (Phi) is 4.80. The summed E-state index contributed by atoms with van der Waals surface area (Å²) in [7, 11) is 0. The first-order valence-corrected chi connectivity index (χ1v) is 8.30. The van der Waals surface area contributed by atoms with Crippen molar-refractivity contribution < 1.29 is 9.59 Å². The first-order valence-electron chi connectivity index (χ1n) is 8.30. The minimum atomic E-state index is -0.360. The molecule has 1 fully saturated rings. The number of H-pyrrole nitrogens is 1. The number of aromatic amines is 1. The van der Waals surface area contributed by atoms with Crippen LogP contribution in [-0.4, -0.2) is 48.2 Å². The van der Waals surface area contributed by atoms with E-state index < -0.39 is 0 Å². The minimum Gasteiger partial charge on any atom is -0.354 e. The van der Waals surface area contributed by atoms with Crippen molar-refractivity contribution in [1.29, 1.82) is 0 Å². The third-order valence-electron chi connectivity index (χ3n) is 4.53. The Hall–Kier alpha value is -2.41. The number of rotatable bonds is 5. The monoisotopic (exact) mass is 329 g/mol. The molecule has 3 rings (SSSR count). The fourth-order valence-electron chi connectivity index (χ4n) is 3.04. The summed E-state index contributed by atoms with van der Waals surface area (Å²) in [6.07, 6.45) is 1.89. The van der Waals surface area contributed by atoms with E-state index in [4.69, 9.17) is 0 Å². The number of carbonyl (C=O) groups excluding carboxylic acids is 2. The smallest absolute Gasteiger partial charge is 0.272 e. The minimum absolute atomic E-state index is 0.0363. The van der Waals surface area contributed by atoms with Gasteiger partial charge in [-0.15, -0.1) is 0 Å². The molecule has 1 aliphatic heterocycles. The number of amides is 2. The predicted molar refractivity (Wildman–Crippen MR) is 91.6 cm³/mol. The number of nitrogens with zero attached hydrogens (tertiary/aromatic N) is 1. The topological polar surface area (TPSA) is 98.9 Å². The van der Waals surface area contributed by atoms with Crippen LogP contribution in [0, 0.1) is 5.41 Å². The highest BCUT2D eigenvalue weighted by Crippen LogP contribution is 2.25. The maximum Gasteiger partial charge on any atom is 0.272 e. The van der Waals surface area contributed by atoms with E-state index >= 15 is 0 Å². The number of nitrogens with one attached hydrogen (secondary N) is 4. The molecule has 0 aliphatic carbocycles. The van der Waals surface area contributed by atoms with Gasteiger partial charge in [0.25, 0.3) is 5.91 Å². The molecule has 1 aliphatic rings. The highest BCUT2D eigenvalue weighted by Gasteiger charge is 2.34. The maximum absolute atomic E-state index is 12.3. The summed E-state index contributed by atoms with van der Waals surface area (Å²) in [5.74, 6) is -0.207. The second-order valence-corrected chi connectivity index (χ2v) is 6.47. The standard InChI is InChI=1S/C17H23N5O2/c1-17(7-4-8-18-11-17)16(24)20-10-9-19-15(23)14-12-5-2-3-6-13(12)21-22-14/h2-3,5-6,18H,4,7-11H2,1H3,(H,19,23)(H,20,24)(H,21,22). The zero-order valence-electron chi connectivity index (χ0n) is 13.8. The molecular formula is C17H23N5O2. The highest BCUT2D eigenvalue weighted by molar-refractivity contribution is 6.04. The lowest BCUT2D eigenvalue weighted by molar-refractivity contribution is -0.131. The molecule has 1 atom stereocenters. The molecule has 2 aromatic rings. The second kappa shape index (κ2) is 7.00. The molecular weight excluding hydrogens is 306 g/mol. The summed E-state index contributed by atoms with van der Waals surface area (Å²) in [5.41, 5.74) is 0.842. The van der Waals surface area contributed by atoms with Crippen LogP contribution in [0.15, 0.2) is 24.3 Å². The Labute approximate surface area is 140 Å². The van der Waals surface area contributed by atoms with E-state index in [-0.39, 0.29) is 17.2 Å². The van der Waals surface area contributed by atoms with Gasteiger partial charge in [0, 0.05) is 25.0 Å². The fourth-order valence-corrected chi connectivity index (χ4v) is 3.04. The van der Waals surface area contributed by atoms with E-state index in [1.54, 1.807) is 0 Å². The van der Waals surface area contributed by atoms with E-state index in [0.717, 1.165) is 30.3 Å². The number of fused-ring (bicyclic) bond motifs is 1. The second-order valence-electron chi connectivity index (χ2n) is 6.47. The average Bonchev–Trinajstić information content (AvgIpc) is 3.03. The maximum atomic E-state index is 12.3. The van der Waals surface area contributed by atoms with Crippen LogP contribution in [0.1, 0.15) is 30.3 Å². The summed E-state index contributed by atoms with van der Waals surface area (Å²) >= 11 is 0. The average molecular weight is 329 g/mol. The van der Waals surface area contributed by atoms with Crippen LogP contribution >= 0.6 is 0 Å². The Morgan fingerprint density at radius 2 is 2.04 bits per heavy atom. The summed E-state index contributed by atoms with van der Waals surface area (Å²) < 4.78 is 0. The van der Waals surface area contributed by atoms with Gasteiger partial charge >= 0.3 is 0 Å². The lowest BCUT2D eigenvalue weighted by atomic mass is 9.82. The zero-order valence-corrected chi connectivity index (χ0v) is 13.8. The van der Waals surface area contributed by atoms with Crippen molar-refractivity contribution in [2.75, 3.05) is 26.2 Å². The summed E-state index contributed by atoms with van der Waals surface area (Å²) in [6, 6.07) is 7.48. The molecule has 0 bridgehead atoms. The number of hydrogen-bond donors (Lipinski definition) is 4. The predicted octanol–water partition coefficient (Wildman–Crippen LogP) is 0.799.